The molecule has 5 nitrogen and oxygen atoms in total. The molecule has 5 heteroatoms. The molecule has 0 aromatic heterocycles. The molecule has 2 N–H and O–H groups in total. The Kier molecular flexibility index (Phi) is 8.36. The van der Waals surface area contributed by atoms with E-state index in [4.69, 9.17) is 15.2 Å². The van der Waals surface area contributed by atoms with E-state index in [2.05, 4.69) is 18.7 Å². The lowest BCUT2D eigenvalue weighted by Gasteiger charge is -2.17. The number of carbonyl (C=O) groups is 1. The van der Waals surface area contributed by atoms with Gasteiger partial charge < -0.3 is 20.1 Å². The summed E-state index contributed by atoms with van der Waals surface area (Å²) < 4.78 is 10.9. The molecule has 1 aromatic carbocycles. The second kappa shape index (κ2) is 10.1. The minimum Gasteiger partial charge on any atom is -0.493 e. The van der Waals surface area contributed by atoms with Crippen LogP contribution >= 0.6 is 0 Å². The molecule has 0 aliphatic heterocycles. The summed E-state index contributed by atoms with van der Waals surface area (Å²) in [7, 11) is 0. The molecule has 0 saturated heterocycles. The number of esters is 1. The van der Waals surface area contributed by atoms with E-state index in [1.807, 2.05) is 6.92 Å². The third-order valence-electron chi connectivity index (χ3n) is 3.43. The normalized spacial score (nSPS) is 10.7. The first-order valence-corrected chi connectivity index (χ1v) is 8.04. The number of nitrogens with zero attached hydrogens (tertiary/aromatic N) is 1. The smallest absolute Gasteiger partial charge is 0.341 e. The van der Waals surface area contributed by atoms with Crippen molar-refractivity contribution < 1.29 is 14.3 Å². The second-order valence-corrected chi connectivity index (χ2v) is 5.12. The summed E-state index contributed by atoms with van der Waals surface area (Å²) in [5, 5.41) is 0. The van der Waals surface area contributed by atoms with E-state index in [-0.39, 0.29) is 5.97 Å². The fourth-order valence-corrected chi connectivity index (χ4v) is 2.11. The number of rotatable bonds is 10. The molecule has 0 radical (unpaired) electrons. The van der Waals surface area contributed by atoms with Crippen LogP contribution in [0.25, 0.3) is 0 Å². The van der Waals surface area contributed by atoms with E-state index in [1.165, 1.54) is 0 Å². The van der Waals surface area contributed by atoms with Gasteiger partial charge in [0.1, 0.15) is 11.3 Å². The summed E-state index contributed by atoms with van der Waals surface area (Å²) in [4.78, 5) is 14.5. The van der Waals surface area contributed by atoms with E-state index in [1.54, 1.807) is 18.2 Å². The van der Waals surface area contributed by atoms with Gasteiger partial charge in [0.05, 0.1) is 13.2 Å². The van der Waals surface area contributed by atoms with E-state index in [0.717, 1.165) is 32.5 Å². The maximum atomic E-state index is 12.2. The molecule has 0 heterocycles. The van der Waals surface area contributed by atoms with Crippen molar-refractivity contribution in [3.63, 3.8) is 0 Å². The quantitative estimate of drug-likeness (QED) is 0.409. The van der Waals surface area contributed by atoms with E-state index in [0.29, 0.717) is 30.2 Å². The van der Waals surface area contributed by atoms with Crippen LogP contribution in [0.1, 0.15) is 44.0 Å². The Morgan fingerprint density at radius 3 is 2.55 bits per heavy atom. The van der Waals surface area contributed by atoms with Gasteiger partial charge in [-0.25, -0.2) is 4.79 Å². The van der Waals surface area contributed by atoms with Gasteiger partial charge in [-0.05, 0) is 38.1 Å². The number of hydrogen-bond donors (Lipinski definition) is 1. The molecule has 0 aliphatic rings. The summed E-state index contributed by atoms with van der Waals surface area (Å²) in [5.41, 5.74) is 6.76. The van der Waals surface area contributed by atoms with Crippen molar-refractivity contribution in [1.82, 2.24) is 4.90 Å². The van der Waals surface area contributed by atoms with Gasteiger partial charge in [0.25, 0.3) is 0 Å². The van der Waals surface area contributed by atoms with E-state index >= 15 is 0 Å². The van der Waals surface area contributed by atoms with Crippen molar-refractivity contribution in [1.29, 1.82) is 0 Å². The first-order valence-electron chi connectivity index (χ1n) is 8.04. The van der Waals surface area contributed by atoms with Crippen LogP contribution in [0.15, 0.2) is 18.2 Å². The topological polar surface area (TPSA) is 64.8 Å². The van der Waals surface area contributed by atoms with Crippen molar-refractivity contribution in [2.75, 3.05) is 38.6 Å². The van der Waals surface area contributed by atoms with Gasteiger partial charge >= 0.3 is 5.97 Å². The predicted molar refractivity (Wildman–Crippen MR) is 89.3 cm³/mol. The standard InChI is InChI=1S/C17H28N2O3/c1-4-11-21-16-13-14(18)8-9-15(16)17(20)22-12-7-10-19(5-2)6-3/h8-9,13H,4-7,10-12,18H2,1-3H3. The summed E-state index contributed by atoms with van der Waals surface area (Å²) in [6.07, 6.45) is 1.70. The van der Waals surface area contributed by atoms with Crippen LogP contribution in [-0.2, 0) is 4.74 Å². The second-order valence-electron chi connectivity index (χ2n) is 5.12. The number of nitrogen functional groups attached to an aromatic ring is 1. The molecule has 124 valence electrons. The van der Waals surface area contributed by atoms with Crippen LogP contribution in [0.3, 0.4) is 0 Å². The fraction of sp³-hybridized carbons (Fsp3) is 0.588. The average Bonchev–Trinajstić information content (AvgIpc) is 2.53. The van der Waals surface area contributed by atoms with Gasteiger partial charge in [0.15, 0.2) is 0 Å². The molecule has 1 rings (SSSR count). The Labute approximate surface area is 133 Å². The maximum absolute atomic E-state index is 12.2. The number of ether oxygens (including phenoxy) is 2. The first kappa shape index (κ1) is 18.3. The molecule has 22 heavy (non-hydrogen) atoms. The molecule has 0 fully saturated rings. The SMILES string of the molecule is CCCOc1cc(N)ccc1C(=O)OCCCN(CC)CC. The molecule has 0 bridgehead atoms. The average molecular weight is 308 g/mol. The van der Waals surface area contributed by atoms with Crippen LogP contribution in [0.5, 0.6) is 5.75 Å². The lowest BCUT2D eigenvalue weighted by atomic mass is 10.2. The highest BCUT2D eigenvalue weighted by Gasteiger charge is 2.14. The van der Waals surface area contributed by atoms with Crippen LogP contribution in [0.2, 0.25) is 0 Å². The highest BCUT2D eigenvalue weighted by Crippen LogP contribution is 2.23. The highest BCUT2D eigenvalue weighted by atomic mass is 16.5. The molecule has 0 spiro atoms. The largest absolute Gasteiger partial charge is 0.493 e. The Morgan fingerprint density at radius 1 is 1.18 bits per heavy atom. The Hall–Kier alpha value is -1.75. The van der Waals surface area contributed by atoms with Gasteiger partial charge in [0.2, 0.25) is 0 Å². The van der Waals surface area contributed by atoms with Crippen molar-refractivity contribution in [3.8, 4) is 5.75 Å². The van der Waals surface area contributed by atoms with Gasteiger partial charge in [-0.15, -0.1) is 0 Å². The van der Waals surface area contributed by atoms with Crippen molar-refractivity contribution in [3.05, 3.63) is 23.8 Å². The molecular weight excluding hydrogens is 280 g/mol. The monoisotopic (exact) mass is 308 g/mol. The Balaban J connectivity index is 2.54. The summed E-state index contributed by atoms with van der Waals surface area (Å²) in [5.74, 6) is 0.140. The van der Waals surface area contributed by atoms with Crippen LogP contribution < -0.4 is 10.5 Å². The zero-order valence-corrected chi connectivity index (χ0v) is 13.9. The van der Waals surface area contributed by atoms with Gasteiger partial charge in [-0.3, -0.25) is 0 Å². The molecule has 0 unspecified atom stereocenters. The number of carbonyl (C=O) groups excluding carboxylic acids is 1. The lowest BCUT2D eigenvalue weighted by Crippen LogP contribution is -2.25. The molecular formula is C17H28N2O3. The summed E-state index contributed by atoms with van der Waals surface area (Å²) in [6.45, 7) is 10.2. The molecule has 0 atom stereocenters. The zero-order valence-electron chi connectivity index (χ0n) is 13.9. The third kappa shape index (κ3) is 5.93. The zero-order chi connectivity index (χ0) is 16.4. The Morgan fingerprint density at radius 2 is 1.91 bits per heavy atom. The minimum absolute atomic E-state index is 0.356. The molecule has 0 amide bonds. The fourth-order valence-electron chi connectivity index (χ4n) is 2.11. The summed E-state index contributed by atoms with van der Waals surface area (Å²) in [6, 6.07) is 5.01. The molecule has 1 aromatic rings. The van der Waals surface area contributed by atoms with Crippen LogP contribution in [-0.4, -0.2) is 43.7 Å². The lowest BCUT2D eigenvalue weighted by molar-refractivity contribution is 0.0485. The number of benzene rings is 1. The van der Waals surface area contributed by atoms with Crippen LogP contribution in [0.4, 0.5) is 5.69 Å². The Bertz CT molecular complexity index is 459. The summed E-state index contributed by atoms with van der Waals surface area (Å²) >= 11 is 0. The van der Waals surface area contributed by atoms with Crippen molar-refractivity contribution in [2.24, 2.45) is 0 Å². The van der Waals surface area contributed by atoms with Crippen molar-refractivity contribution in [2.45, 2.75) is 33.6 Å². The molecule has 0 saturated carbocycles. The van der Waals surface area contributed by atoms with Gasteiger partial charge in [-0.1, -0.05) is 20.8 Å². The van der Waals surface area contributed by atoms with Gasteiger partial charge in [-0.2, -0.15) is 0 Å². The highest BCUT2D eigenvalue weighted by molar-refractivity contribution is 5.93. The van der Waals surface area contributed by atoms with E-state index in [9.17, 15) is 4.79 Å². The molecule has 0 aliphatic carbocycles. The maximum Gasteiger partial charge on any atom is 0.341 e. The van der Waals surface area contributed by atoms with Crippen LogP contribution in [0, 0.1) is 0 Å². The van der Waals surface area contributed by atoms with Gasteiger partial charge in [0, 0.05) is 18.3 Å². The number of nitrogens with two attached hydrogens (primary N) is 1. The third-order valence-corrected chi connectivity index (χ3v) is 3.43. The van der Waals surface area contributed by atoms with Crippen molar-refractivity contribution >= 4 is 11.7 Å². The minimum atomic E-state index is -0.356. The number of hydrogen-bond acceptors (Lipinski definition) is 5. The number of anilines is 1. The first-order chi connectivity index (χ1) is 10.6. The predicted octanol–water partition coefficient (Wildman–Crippen LogP) is 2.95. The van der Waals surface area contributed by atoms with E-state index < -0.39 is 0 Å².